The van der Waals surface area contributed by atoms with Gasteiger partial charge in [-0.25, -0.2) is 13.2 Å². The van der Waals surface area contributed by atoms with Gasteiger partial charge < -0.3 is 9.84 Å². The largest absolute Gasteiger partial charge is 0.479 e. The molecule has 1 atom stereocenters. The molecule has 0 aromatic rings. The molecule has 0 bridgehead atoms. The number of hydrogen-bond donors (Lipinski definition) is 1. The van der Waals surface area contributed by atoms with Crippen molar-refractivity contribution >= 4 is 15.8 Å². The highest BCUT2D eigenvalue weighted by Crippen LogP contribution is 2.16. The molecule has 0 radical (unpaired) electrons. The number of carboxylic acid groups (broad SMARTS) is 1. The molecule has 1 aliphatic heterocycles. The van der Waals surface area contributed by atoms with Crippen LogP contribution in [0.4, 0.5) is 0 Å². The number of carboxylic acids is 1. The van der Waals surface area contributed by atoms with Gasteiger partial charge in [-0.2, -0.15) is 0 Å². The number of nitrogens with zero attached hydrogens (tertiary/aromatic N) is 1. The van der Waals surface area contributed by atoms with Crippen molar-refractivity contribution < 1.29 is 23.1 Å². The number of morpholine rings is 1. The predicted octanol–water partition coefficient (Wildman–Crippen LogP) is -0.0149. The molecule has 18 heavy (non-hydrogen) atoms. The van der Waals surface area contributed by atoms with Crippen LogP contribution >= 0.6 is 0 Å². The fraction of sp³-hybridized carbons (Fsp3) is 0.909. The van der Waals surface area contributed by atoms with Gasteiger partial charge in [0, 0.05) is 19.6 Å². The van der Waals surface area contributed by atoms with Crippen molar-refractivity contribution in [3.63, 3.8) is 0 Å². The monoisotopic (exact) mass is 279 g/mol. The third-order valence-corrected chi connectivity index (χ3v) is 5.62. The maximum atomic E-state index is 11.9. The molecule has 1 saturated heterocycles. The van der Waals surface area contributed by atoms with Crippen molar-refractivity contribution in [3.05, 3.63) is 0 Å². The van der Waals surface area contributed by atoms with Gasteiger partial charge in [-0.05, 0) is 20.8 Å². The zero-order chi connectivity index (χ0) is 14.0. The first kappa shape index (κ1) is 15.4. The smallest absolute Gasteiger partial charge is 0.334 e. The van der Waals surface area contributed by atoms with E-state index in [1.807, 2.05) is 4.90 Å². The fourth-order valence-electron chi connectivity index (χ4n) is 1.61. The number of sulfone groups is 1. The Kier molecular flexibility index (Phi) is 4.74. The summed E-state index contributed by atoms with van der Waals surface area (Å²) in [6, 6.07) is 0. The van der Waals surface area contributed by atoms with Crippen LogP contribution in [0.15, 0.2) is 0 Å². The fourth-order valence-corrected chi connectivity index (χ4v) is 2.72. The highest BCUT2D eigenvalue weighted by molar-refractivity contribution is 7.92. The minimum absolute atomic E-state index is 0.0445. The zero-order valence-electron chi connectivity index (χ0n) is 11.0. The van der Waals surface area contributed by atoms with E-state index < -0.39 is 26.7 Å². The van der Waals surface area contributed by atoms with Crippen LogP contribution < -0.4 is 0 Å². The Morgan fingerprint density at radius 1 is 1.44 bits per heavy atom. The summed E-state index contributed by atoms with van der Waals surface area (Å²) in [5, 5.41) is 8.84. The summed E-state index contributed by atoms with van der Waals surface area (Å²) in [4.78, 5) is 12.6. The van der Waals surface area contributed by atoms with Crippen LogP contribution in [-0.2, 0) is 19.4 Å². The average Bonchev–Trinajstić information content (AvgIpc) is 2.25. The number of carbonyl (C=O) groups is 1. The summed E-state index contributed by atoms with van der Waals surface area (Å²) in [6.07, 6.45) is -0.851. The first-order chi connectivity index (χ1) is 8.13. The normalized spacial score (nSPS) is 22.9. The number of ether oxygens (including phenoxy) is 1. The Morgan fingerprint density at radius 3 is 2.56 bits per heavy atom. The van der Waals surface area contributed by atoms with E-state index in [9.17, 15) is 13.2 Å². The standard InChI is InChI=1S/C11H21NO5S/c1-11(2,3)18(15,16)7-5-12-4-6-17-9(8-12)10(13)14/h9H,4-8H2,1-3H3,(H,13,14). The second-order valence-corrected chi connectivity index (χ2v) is 8.29. The molecule has 1 aliphatic rings. The Hall–Kier alpha value is -0.660. The first-order valence-corrected chi connectivity index (χ1v) is 7.58. The van der Waals surface area contributed by atoms with Gasteiger partial charge in [0.05, 0.1) is 17.1 Å². The van der Waals surface area contributed by atoms with Crippen LogP contribution in [0.2, 0.25) is 0 Å². The Bertz CT molecular complexity index is 398. The molecular formula is C11H21NO5S. The Balaban J connectivity index is 2.52. The van der Waals surface area contributed by atoms with Crippen LogP contribution in [0.1, 0.15) is 20.8 Å². The lowest BCUT2D eigenvalue weighted by Gasteiger charge is -2.31. The zero-order valence-corrected chi connectivity index (χ0v) is 11.9. The SMILES string of the molecule is CC(C)(C)S(=O)(=O)CCN1CCOC(C(=O)O)C1. The van der Waals surface area contributed by atoms with E-state index in [0.29, 0.717) is 19.7 Å². The molecule has 0 aliphatic carbocycles. The molecule has 0 saturated carbocycles. The molecule has 0 aromatic heterocycles. The highest BCUT2D eigenvalue weighted by atomic mass is 32.2. The summed E-state index contributed by atoms with van der Waals surface area (Å²) in [6.45, 7) is 6.50. The lowest BCUT2D eigenvalue weighted by atomic mass is 10.3. The predicted molar refractivity (Wildman–Crippen MR) is 67.4 cm³/mol. The van der Waals surface area contributed by atoms with E-state index in [1.165, 1.54) is 0 Å². The van der Waals surface area contributed by atoms with Crippen molar-refractivity contribution in [1.29, 1.82) is 0 Å². The second-order valence-electron chi connectivity index (χ2n) is 5.43. The average molecular weight is 279 g/mol. The van der Waals surface area contributed by atoms with Crippen molar-refractivity contribution in [3.8, 4) is 0 Å². The Morgan fingerprint density at radius 2 is 2.06 bits per heavy atom. The van der Waals surface area contributed by atoms with Gasteiger partial charge in [0.1, 0.15) is 0 Å². The van der Waals surface area contributed by atoms with E-state index >= 15 is 0 Å². The van der Waals surface area contributed by atoms with Gasteiger partial charge in [-0.3, -0.25) is 4.90 Å². The molecular weight excluding hydrogens is 258 g/mol. The highest BCUT2D eigenvalue weighted by Gasteiger charge is 2.31. The minimum atomic E-state index is -3.16. The number of aliphatic carboxylic acids is 1. The molecule has 1 unspecified atom stereocenters. The van der Waals surface area contributed by atoms with E-state index in [4.69, 9.17) is 9.84 Å². The topological polar surface area (TPSA) is 83.9 Å². The van der Waals surface area contributed by atoms with Crippen molar-refractivity contribution in [1.82, 2.24) is 4.90 Å². The lowest BCUT2D eigenvalue weighted by Crippen LogP contribution is -2.48. The van der Waals surface area contributed by atoms with Gasteiger partial charge in [0.25, 0.3) is 0 Å². The van der Waals surface area contributed by atoms with Crippen LogP contribution in [0, 0.1) is 0 Å². The first-order valence-electron chi connectivity index (χ1n) is 5.92. The van der Waals surface area contributed by atoms with Crippen molar-refractivity contribution in [2.45, 2.75) is 31.6 Å². The third kappa shape index (κ3) is 3.93. The van der Waals surface area contributed by atoms with Crippen LogP contribution in [0.3, 0.4) is 0 Å². The quantitative estimate of drug-likeness (QED) is 0.779. The lowest BCUT2D eigenvalue weighted by molar-refractivity contribution is -0.155. The number of hydrogen-bond acceptors (Lipinski definition) is 5. The molecule has 0 amide bonds. The summed E-state index contributed by atoms with van der Waals surface area (Å²) in [5.74, 6) is -0.957. The van der Waals surface area contributed by atoms with E-state index in [1.54, 1.807) is 20.8 Å². The summed E-state index contributed by atoms with van der Waals surface area (Å²) < 4.78 is 28.2. The van der Waals surface area contributed by atoms with Crippen LogP contribution in [-0.4, -0.2) is 67.2 Å². The maximum absolute atomic E-state index is 11.9. The maximum Gasteiger partial charge on any atom is 0.334 e. The minimum Gasteiger partial charge on any atom is -0.479 e. The molecule has 1 rings (SSSR count). The molecule has 0 spiro atoms. The van der Waals surface area contributed by atoms with Gasteiger partial charge in [0.2, 0.25) is 0 Å². The van der Waals surface area contributed by atoms with Crippen LogP contribution in [0.25, 0.3) is 0 Å². The Labute approximate surface area is 108 Å². The van der Waals surface area contributed by atoms with Gasteiger partial charge in [-0.1, -0.05) is 0 Å². The van der Waals surface area contributed by atoms with Gasteiger partial charge in [-0.15, -0.1) is 0 Å². The van der Waals surface area contributed by atoms with E-state index in [0.717, 1.165) is 0 Å². The molecule has 0 aromatic carbocycles. The van der Waals surface area contributed by atoms with E-state index in [-0.39, 0.29) is 12.3 Å². The van der Waals surface area contributed by atoms with Gasteiger partial charge >= 0.3 is 5.97 Å². The van der Waals surface area contributed by atoms with Gasteiger partial charge in [0.15, 0.2) is 15.9 Å². The summed E-state index contributed by atoms with van der Waals surface area (Å²) in [5.41, 5.74) is 0. The third-order valence-electron chi connectivity index (χ3n) is 3.04. The molecule has 6 nitrogen and oxygen atoms in total. The summed E-state index contributed by atoms with van der Waals surface area (Å²) in [7, 11) is -3.16. The number of rotatable bonds is 4. The second kappa shape index (κ2) is 5.54. The van der Waals surface area contributed by atoms with Crippen molar-refractivity contribution in [2.24, 2.45) is 0 Å². The molecule has 7 heteroatoms. The van der Waals surface area contributed by atoms with Crippen molar-refractivity contribution in [2.75, 3.05) is 32.0 Å². The van der Waals surface area contributed by atoms with E-state index in [2.05, 4.69) is 0 Å². The molecule has 1 N–H and O–H groups in total. The molecule has 1 fully saturated rings. The molecule has 106 valence electrons. The summed E-state index contributed by atoms with van der Waals surface area (Å²) >= 11 is 0. The van der Waals surface area contributed by atoms with Crippen LogP contribution in [0.5, 0.6) is 0 Å². The molecule has 1 heterocycles.